The molecule has 1 spiro atoms. The van der Waals surface area contributed by atoms with E-state index in [1.54, 1.807) is 24.9 Å². The van der Waals surface area contributed by atoms with Gasteiger partial charge in [0, 0.05) is 57.0 Å². The summed E-state index contributed by atoms with van der Waals surface area (Å²) >= 11 is 0. The number of nitrogens with zero attached hydrogens (tertiary/aromatic N) is 4. The van der Waals surface area contributed by atoms with Crippen LogP contribution in [0.4, 0.5) is 0 Å². The molecule has 1 amide bonds. The molecule has 3 aliphatic rings. The Balaban J connectivity index is 1.40. The van der Waals surface area contributed by atoms with Gasteiger partial charge in [-0.15, -0.1) is 0 Å². The van der Waals surface area contributed by atoms with Crippen LogP contribution in [0.5, 0.6) is 0 Å². The zero-order valence-electron chi connectivity index (χ0n) is 25.1. The number of piperidine rings is 1. The van der Waals surface area contributed by atoms with E-state index in [0.717, 1.165) is 37.8 Å². The van der Waals surface area contributed by atoms with E-state index in [2.05, 4.69) is 9.80 Å². The molecule has 8 heteroatoms. The number of pyridine rings is 1. The number of carbonyl (C=O) groups is 1. The summed E-state index contributed by atoms with van der Waals surface area (Å²) in [5.41, 5.74) is 0.108. The second-order valence-electron chi connectivity index (χ2n) is 13.2. The number of hydrogen-bond donors (Lipinski definition) is 2. The van der Waals surface area contributed by atoms with Crippen LogP contribution in [0.2, 0.25) is 0 Å². The maximum absolute atomic E-state index is 13.5. The Morgan fingerprint density at radius 2 is 1.71 bits per heavy atom. The lowest BCUT2D eigenvalue weighted by Crippen LogP contribution is -2.64. The fraction of sp³-hybridized carbons (Fsp3) is 0.636. The van der Waals surface area contributed by atoms with Crippen LogP contribution in [0.15, 0.2) is 47.4 Å². The lowest BCUT2D eigenvalue weighted by Gasteiger charge is -2.54. The fourth-order valence-electron chi connectivity index (χ4n) is 7.72. The van der Waals surface area contributed by atoms with Gasteiger partial charge in [0.2, 0.25) is 0 Å². The van der Waals surface area contributed by atoms with Crippen LogP contribution in [0.3, 0.4) is 0 Å². The molecule has 2 atom stereocenters. The zero-order valence-corrected chi connectivity index (χ0v) is 25.1. The second kappa shape index (κ2) is 12.4. The minimum absolute atomic E-state index is 0.135. The van der Waals surface area contributed by atoms with E-state index in [0.29, 0.717) is 36.6 Å². The molecule has 1 aromatic heterocycles. The van der Waals surface area contributed by atoms with Crippen LogP contribution in [0, 0.1) is 11.3 Å². The largest absolute Gasteiger partial charge is 0.387 e. The number of amides is 1. The molecule has 0 bridgehead atoms. The maximum atomic E-state index is 13.5. The average Bonchev–Trinajstić information content (AvgIpc) is 3.45. The number of rotatable bonds is 8. The van der Waals surface area contributed by atoms with Crippen LogP contribution >= 0.6 is 0 Å². The van der Waals surface area contributed by atoms with Gasteiger partial charge in [-0.3, -0.25) is 19.4 Å². The first-order valence-corrected chi connectivity index (χ1v) is 15.5. The van der Waals surface area contributed by atoms with E-state index in [4.69, 9.17) is 0 Å². The van der Waals surface area contributed by atoms with Crippen molar-refractivity contribution in [2.75, 3.05) is 40.8 Å². The van der Waals surface area contributed by atoms with Crippen molar-refractivity contribution in [2.45, 2.75) is 82.7 Å². The minimum atomic E-state index is -1.11. The van der Waals surface area contributed by atoms with Crippen molar-refractivity contribution >= 4 is 5.91 Å². The van der Waals surface area contributed by atoms with Crippen molar-refractivity contribution in [1.29, 1.82) is 0 Å². The monoisotopic (exact) mass is 564 g/mol. The summed E-state index contributed by atoms with van der Waals surface area (Å²) in [6, 6.07) is 11.0. The number of carbonyl (C=O) groups excluding carboxylic acids is 1. The lowest BCUT2D eigenvalue weighted by atomic mass is 9.66. The number of aliphatic hydroxyl groups is 2. The van der Waals surface area contributed by atoms with Gasteiger partial charge in [0.1, 0.15) is 0 Å². The molecule has 1 aromatic carbocycles. The summed E-state index contributed by atoms with van der Waals surface area (Å²) in [7, 11) is 5.43. The molecule has 224 valence electrons. The number of aromatic nitrogens is 1. The van der Waals surface area contributed by atoms with E-state index >= 15 is 0 Å². The van der Waals surface area contributed by atoms with Crippen LogP contribution in [-0.2, 0) is 6.54 Å². The third-order valence-electron chi connectivity index (χ3n) is 10.1. The van der Waals surface area contributed by atoms with Crippen LogP contribution in [-0.4, -0.2) is 88.1 Å². The zero-order chi connectivity index (χ0) is 29.2. The molecule has 3 fully saturated rings. The molecule has 2 unspecified atom stereocenters. The van der Waals surface area contributed by atoms with Gasteiger partial charge in [0.05, 0.1) is 17.7 Å². The van der Waals surface area contributed by atoms with Crippen molar-refractivity contribution in [3.63, 3.8) is 0 Å². The van der Waals surface area contributed by atoms with Crippen molar-refractivity contribution in [2.24, 2.45) is 11.3 Å². The molecular formula is C33H48N4O4. The molecule has 41 heavy (non-hydrogen) atoms. The molecule has 8 nitrogen and oxygen atoms in total. The third kappa shape index (κ3) is 6.17. The van der Waals surface area contributed by atoms with Gasteiger partial charge in [-0.1, -0.05) is 62.4 Å². The van der Waals surface area contributed by atoms with Crippen LogP contribution < -0.4 is 5.56 Å². The molecular weight excluding hydrogens is 516 g/mol. The molecule has 2 saturated carbocycles. The maximum Gasteiger partial charge on any atom is 0.255 e. The highest BCUT2D eigenvalue weighted by Gasteiger charge is 2.55. The Kier molecular flexibility index (Phi) is 9.04. The smallest absolute Gasteiger partial charge is 0.255 e. The molecule has 1 saturated heterocycles. The van der Waals surface area contributed by atoms with E-state index in [9.17, 15) is 19.8 Å². The van der Waals surface area contributed by atoms with E-state index in [-0.39, 0.29) is 18.0 Å². The number of hydrogen-bond acceptors (Lipinski definition) is 6. The molecule has 1 aliphatic heterocycles. The highest BCUT2D eigenvalue weighted by molar-refractivity contribution is 6.00. The molecule has 2 aromatic rings. The van der Waals surface area contributed by atoms with Crippen molar-refractivity contribution in [3.05, 3.63) is 58.5 Å². The Morgan fingerprint density at radius 1 is 1.02 bits per heavy atom. The quantitative estimate of drug-likeness (QED) is 0.471. The van der Waals surface area contributed by atoms with Gasteiger partial charge < -0.3 is 19.7 Å². The number of likely N-dealkylation sites (tertiary alicyclic amines) is 1. The van der Waals surface area contributed by atoms with Gasteiger partial charge in [-0.25, -0.2) is 0 Å². The van der Waals surface area contributed by atoms with E-state index in [1.807, 2.05) is 37.4 Å². The molecule has 2 N–H and O–H groups in total. The van der Waals surface area contributed by atoms with Gasteiger partial charge >= 0.3 is 0 Å². The first-order valence-electron chi connectivity index (χ1n) is 15.5. The summed E-state index contributed by atoms with van der Waals surface area (Å²) < 4.78 is 1.55. The lowest BCUT2D eigenvalue weighted by molar-refractivity contribution is -0.195. The summed E-state index contributed by atoms with van der Waals surface area (Å²) in [6.07, 6.45) is 11.5. The Hall–Kier alpha value is -2.52. The first-order chi connectivity index (χ1) is 19.6. The number of aliphatic hydroxyl groups excluding tert-OH is 1. The van der Waals surface area contributed by atoms with Crippen LogP contribution in [0.25, 0.3) is 11.1 Å². The summed E-state index contributed by atoms with van der Waals surface area (Å²) in [5, 5.41) is 23.7. The van der Waals surface area contributed by atoms with Crippen molar-refractivity contribution in [3.8, 4) is 11.1 Å². The molecule has 5 rings (SSSR count). The van der Waals surface area contributed by atoms with Crippen molar-refractivity contribution < 1.29 is 15.0 Å². The highest BCUT2D eigenvalue weighted by atomic mass is 16.3. The average molecular weight is 565 g/mol. The van der Waals surface area contributed by atoms with Crippen LogP contribution in [0.1, 0.15) is 74.6 Å². The van der Waals surface area contributed by atoms with Gasteiger partial charge in [0.15, 0.2) is 6.35 Å². The molecule has 0 radical (unpaired) electrons. The highest BCUT2D eigenvalue weighted by Crippen LogP contribution is 2.52. The topological polar surface area (TPSA) is 89.2 Å². The summed E-state index contributed by atoms with van der Waals surface area (Å²) in [4.78, 5) is 32.5. The first kappa shape index (κ1) is 30.0. The molecule has 2 aliphatic carbocycles. The van der Waals surface area contributed by atoms with Gasteiger partial charge in [0.25, 0.3) is 11.5 Å². The Bertz CT molecular complexity index is 1250. The van der Waals surface area contributed by atoms with Crippen molar-refractivity contribution in [1.82, 2.24) is 19.3 Å². The Labute approximate surface area is 244 Å². The Morgan fingerprint density at radius 3 is 2.37 bits per heavy atom. The predicted molar refractivity (Wildman–Crippen MR) is 161 cm³/mol. The summed E-state index contributed by atoms with van der Waals surface area (Å²) in [5.74, 6) is 0.453. The second-order valence-corrected chi connectivity index (χ2v) is 13.2. The molecule has 2 heterocycles. The predicted octanol–water partition coefficient (Wildman–Crippen LogP) is 4.00. The van der Waals surface area contributed by atoms with Gasteiger partial charge in [-0.05, 0) is 50.6 Å². The van der Waals surface area contributed by atoms with E-state index in [1.165, 1.54) is 43.1 Å². The minimum Gasteiger partial charge on any atom is -0.387 e. The SMILES string of the molecule is CN(C)C(=O)c1cn(CC2(O)CCN(C(O)N(C)CC3CCCCC3)CC23CCCC3)c(=O)cc1-c1ccccc1. The van der Waals surface area contributed by atoms with E-state index < -0.39 is 17.4 Å². The third-order valence-corrected chi connectivity index (χ3v) is 10.1. The van der Waals surface area contributed by atoms with Gasteiger partial charge in [-0.2, -0.15) is 0 Å². The number of benzene rings is 1. The fourth-order valence-corrected chi connectivity index (χ4v) is 7.72. The normalized spacial score (nSPS) is 24.1. The summed E-state index contributed by atoms with van der Waals surface area (Å²) in [6.45, 7) is 2.17. The standard InChI is InChI=1S/C33H48N4O4/c1-34(2)30(39)28-22-37(29(38)20-27(28)26-14-8-5-9-15-26)24-33(41)18-19-36(23-32(33)16-10-11-17-32)31(40)35(3)21-25-12-6-4-7-13-25/h5,8-9,14-15,20,22,25,31,40-41H,4,6-7,10-13,16-19,21,23-24H2,1-3H3.